The Labute approximate surface area is 66.2 Å². The topological polar surface area (TPSA) is 3.24 Å². The molecule has 0 unspecified atom stereocenters. The monoisotopic (exact) mass is 215 g/mol. The van der Waals surface area contributed by atoms with Crippen molar-refractivity contribution < 1.29 is 35.2 Å². The summed E-state index contributed by atoms with van der Waals surface area (Å²) in [5.41, 5.74) is 0. The zero-order valence-electron chi connectivity index (χ0n) is 5.55. The van der Waals surface area contributed by atoms with E-state index >= 15 is 0 Å². The minimum Gasteiger partial charge on any atom is -0.184 e. The Balaban J connectivity index is 4.62. The molecular weight excluding hydrogens is 214 g/mol. The molecule has 0 spiro atoms. The lowest BCUT2D eigenvalue weighted by Gasteiger charge is -2.14. The molecule has 0 aliphatic rings. The first-order chi connectivity index (χ1) is 5.54. The van der Waals surface area contributed by atoms with Gasteiger partial charge in [0.05, 0.1) is 6.08 Å². The molecule has 0 amide bonds. The second-order valence-electron chi connectivity index (χ2n) is 1.76. The van der Waals surface area contributed by atoms with Gasteiger partial charge < -0.3 is 0 Å². The van der Waals surface area contributed by atoms with Crippen LogP contribution in [-0.2, 0) is 0 Å². The standard InChI is InChI=1S/C4HF8N/c5-2(1-3(6,7)8)13(12)4(9,10)11/h1H/b2-1+. The van der Waals surface area contributed by atoms with E-state index in [2.05, 4.69) is 0 Å². The number of allylic oxidation sites excluding steroid dienone is 1. The van der Waals surface area contributed by atoms with Crippen LogP contribution in [0.15, 0.2) is 12.0 Å². The highest BCUT2D eigenvalue weighted by Gasteiger charge is 2.42. The minimum absolute atomic E-state index is 1.44. The molecule has 0 saturated heterocycles. The smallest absolute Gasteiger partial charge is 0.184 e. The Morgan fingerprint density at radius 2 is 1.38 bits per heavy atom. The molecule has 13 heavy (non-hydrogen) atoms. The zero-order chi connectivity index (χ0) is 10.9. The van der Waals surface area contributed by atoms with Crippen molar-refractivity contribution in [3.05, 3.63) is 12.0 Å². The summed E-state index contributed by atoms with van der Waals surface area (Å²) in [6.45, 7) is 0. The summed E-state index contributed by atoms with van der Waals surface area (Å²) in [4.78, 5) is 0. The van der Waals surface area contributed by atoms with E-state index in [-0.39, 0.29) is 0 Å². The van der Waals surface area contributed by atoms with Crippen LogP contribution >= 0.6 is 0 Å². The zero-order valence-corrected chi connectivity index (χ0v) is 5.55. The molecule has 0 atom stereocenters. The van der Waals surface area contributed by atoms with Crippen molar-refractivity contribution in [1.29, 1.82) is 0 Å². The molecule has 9 heteroatoms. The number of halogens is 8. The largest absolute Gasteiger partial charge is 0.514 e. The molecule has 0 N–H and O–H groups in total. The maximum absolute atomic E-state index is 11.8. The third-order valence-electron chi connectivity index (χ3n) is 0.693. The predicted octanol–water partition coefficient (Wildman–Crippen LogP) is 3.07. The van der Waals surface area contributed by atoms with Gasteiger partial charge in [-0.2, -0.15) is 17.6 Å². The van der Waals surface area contributed by atoms with Crippen LogP contribution in [0.5, 0.6) is 0 Å². The van der Waals surface area contributed by atoms with Crippen molar-refractivity contribution in [2.75, 3.05) is 0 Å². The third-order valence-corrected chi connectivity index (χ3v) is 0.693. The van der Waals surface area contributed by atoms with Crippen LogP contribution in [0.25, 0.3) is 0 Å². The highest BCUT2D eigenvalue weighted by molar-refractivity contribution is 4.94. The number of rotatable bonds is 1. The van der Waals surface area contributed by atoms with E-state index in [0.717, 1.165) is 0 Å². The van der Waals surface area contributed by atoms with E-state index in [1.165, 1.54) is 0 Å². The van der Waals surface area contributed by atoms with Gasteiger partial charge in [-0.25, -0.2) is 0 Å². The van der Waals surface area contributed by atoms with Crippen LogP contribution in [0, 0.1) is 0 Å². The molecular formula is C4HF8N. The van der Waals surface area contributed by atoms with Gasteiger partial charge in [-0.05, 0) is 0 Å². The Morgan fingerprint density at radius 1 is 1.00 bits per heavy atom. The van der Waals surface area contributed by atoms with Gasteiger partial charge in [0.2, 0.25) is 5.95 Å². The minimum atomic E-state index is -5.83. The summed E-state index contributed by atoms with van der Waals surface area (Å²) in [5.74, 6) is -3.07. The van der Waals surface area contributed by atoms with Crippen molar-refractivity contribution in [1.82, 2.24) is 5.12 Å². The number of hydrogen-bond donors (Lipinski definition) is 0. The third kappa shape index (κ3) is 4.53. The maximum atomic E-state index is 11.8. The van der Waals surface area contributed by atoms with E-state index < -0.39 is 29.6 Å². The normalized spacial score (nSPS) is 14.6. The first-order valence-electron chi connectivity index (χ1n) is 2.52. The molecule has 0 heterocycles. The highest BCUT2D eigenvalue weighted by Crippen LogP contribution is 2.29. The lowest BCUT2D eigenvalue weighted by Crippen LogP contribution is -2.29. The fraction of sp³-hybridized carbons (Fsp3) is 0.500. The number of alkyl halides is 6. The van der Waals surface area contributed by atoms with Crippen molar-refractivity contribution in [3.8, 4) is 0 Å². The Bertz CT molecular complexity index is 199. The van der Waals surface area contributed by atoms with Crippen molar-refractivity contribution in [2.45, 2.75) is 12.5 Å². The molecule has 0 radical (unpaired) electrons. The molecule has 0 rings (SSSR count). The molecule has 0 aliphatic heterocycles. The fourth-order valence-electron chi connectivity index (χ4n) is 0.313. The predicted molar refractivity (Wildman–Crippen MR) is 24.2 cm³/mol. The van der Waals surface area contributed by atoms with Crippen LogP contribution in [-0.4, -0.2) is 17.6 Å². The Kier molecular flexibility index (Phi) is 3.12. The lowest BCUT2D eigenvalue weighted by atomic mass is 10.6. The second-order valence-corrected chi connectivity index (χ2v) is 1.76. The van der Waals surface area contributed by atoms with E-state index in [1.54, 1.807) is 0 Å². The van der Waals surface area contributed by atoms with E-state index in [1.807, 2.05) is 0 Å². The summed E-state index contributed by atoms with van der Waals surface area (Å²) >= 11 is 0. The molecule has 0 fully saturated rings. The first kappa shape index (κ1) is 12.0. The fourth-order valence-corrected chi connectivity index (χ4v) is 0.313. The van der Waals surface area contributed by atoms with Crippen LogP contribution in [0.4, 0.5) is 35.2 Å². The summed E-state index contributed by atoms with van der Waals surface area (Å²) in [6.07, 6.45) is -12.6. The summed E-state index contributed by atoms with van der Waals surface area (Å²) in [5, 5.41) is -2.57. The highest BCUT2D eigenvalue weighted by atomic mass is 19.4. The Morgan fingerprint density at radius 3 is 1.62 bits per heavy atom. The summed E-state index contributed by atoms with van der Waals surface area (Å²) < 4.78 is 90.4. The SMILES string of the molecule is F/C(=C\C(F)(F)F)N(F)C(F)(F)F. The molecule has 0 bridgehead atoms. The van der Waals surface area contributed by atoms with Gasteiger partial charge in [0.1, 0.15) is 0 Å². The van der Waals surface area contributed by atoms with Gasteiger partial charge in [0, 0.05) is 0 Å². The van der Waals surface area contributed by atoms with Crippen LogP contribution < -0.4 is 0 Å². The summed E-state index contributed by atoms with van der Waals surface area (Å²) in [7, 11) is 0. The molecule has 0 aromatic heterocycles. The summed E-state index contributed by atoms with van der Waals surface area (Å²) in [6, 6.07) is 0. The van der Waals surface area contributed by atoms with Gasteiger partial charge in [0.25, 0.3) is 0 Å². The average Bonchev–Trinajstić information content (AvgIpc) is 1.79. The van der Waals surface area contributed by atoms with E-state index in [4.69, 9.17) is 0 Å². The van der Waals surface area contributed by atoms with Crippen LogP contribution in [0.2, 0.25) is 0 Å². The molecule has 0 saturated carbocycles. The van der Waals surface area contributed by atoms with Gasteiger partial charge in [-0.3, -0.25) is 0 Å². The second kappa shape index (κ2) is 3.38. The van der Waals surface area contributed by atoms with Gasteiger partial charge >= 0.3 is 12.5 Å². The molecule has 0 aromatic carbocycles. The Hall–Kier alpha value is -1.02. The number of hydrogen-bond acceptors (Lipinski definition) is 1. The molecule has 78 valence electrons. The van der Waals surface area contributed by atoms with Crippen molar-refractivity contribution in [3.63, 3.8) is 0 Å². The lowest BCUT2D eigenvalue weighted by molar-refractivity contribution is -0.304. The average molecular weight is 215 g/mol. The van der Waals surface area contributed by atoms with E-state index in [0.29, 0.717) is 0 Å². The van der Waals surface area contributed by atoms with Crippen molar-refractivity contribution >= 4 is 0 Å². The van der Waals surface area contributed by atoms with Gasteiger partial charge in [-0.1, -0.05) is 9.60 Å². The molecule has 1 nitrogen and oxygen atoms in total. The van der Waals surface area contributed by atoms with Crippen LogP contribution in [0.1, 0.15) is 0 Å². The number of nitrogens with zero attached hydrogens (tertiary/aromatic N) is 1. The first-order valence-corrected chi connectivity index (χ1v) is 2.52. The van der Waals surface area contributed by atoms with Gasteiger partial charge in [-0.15, -0.1) is 13.2 Å². The molecule has 0 aromatic rings. The van der Waals surface area contributed by atoms with Gasteiger partial charge in [0.15, 0.2) is 0 Å². The molecule has 0 aliphatic carbocycles. The maximum Gasteiger partial charge on any atom is 0.514 e. The van der Waals surface area contributed by atoms with E-state index in [9.17, 15) is 35.2 Å². The quantitative estimate of drug-likeness (QED) is 0.369. The van der Waals surface area contributed by atoms with Crippen molar-refractivity contribution in [2.24, 2.45) is 0 Å². The van der Waals surface area contributed by atoms with Crippen LogP contribution in [0.3, 0.4) is 0 Å².